The van der Waals surface area contributed by atoms with Crippen LogP contribution in [0.5, 0.6) is 0 Å². The van der Waals surface area contributed by atoms with E-state index in [9.17, 15) is 14.7 Å². The number of β-amino-alcohol motifs (C(OH)–C–C–N with tert-alkyl or cyclic N) is 1. The highest BCUT2D eigenvalue weighted by Gasteiger charge is 2.41. The molecule has 2 heterocycles. The maximum atomic E-state index is 11.8. The summed E-state index contributed by atoms with van der Waals surface area (Å²) >= 11 is 1.46. The molecule has 2 rings (SSSR count). The Hall–Kier alpha value is -1.40. The van der Waals surface area contributed by atoms with Crippen molar-refractivity contribution < 1.29 is 14.7 Å². The van der Waals surface area contributed by atoms with Gasteiger partial charge >= 0.3 is 0 Å². The number of thiophene rings is 1. The van der Waals surface area contributed by atoms with Gasteiger partial charge in [0.1, 0.15) is 0 Å². The molecule has 2 N–H and O–H groups in total. The smallest absolute Gasteiger partial charge is 0.252 e. The largest absolute Gasteiger partial charge is 0.386 e. The third-order valence-electron chi connectivity index (χ3n) is 3.39. The minimum absolute atomic E-state index is 0.0243. The lowest BCUT2D eigenvalue weighted by atomic mass is 9.91. The predicted molar refractivity (Wildman–Crippen MR) is 73.1 cm³/mol. The summed E-state index contributed by atoms with van der Waals surface area (Å²) in [6, 6.07) is 1.75. The number of amides is 2. The van der Waals surface area contributed by atoms with E-state index in [1.54, 1.807) is 16.3 Å². The van der Waals surface area contributed by atoms with Crippen LogP contribution in [-0.2, 0) is 4.79 Å². The number of nitrogens with zero attached hydrogens (tertiary/aromatic N) is 1. The quantitative estimate of drug-likeness (QED) is 0.841. The molecule has 1 aromatic rings. The van der Waals surface area contributed by atoms with E-state index in [2.05, 4.69) is 5.32 Å². The van der Waals surface area contributed by atoms with Gasteiger partial charge in [-0.25, -0.2) is 0 Å². The lowest BCUT2D eigenvalue weighted by molar-refractivity contribution is -0.155. The Bertz CT molecular complexity index is 452. The van der Waals surface area contributed by atoms with Crippen molar-refractivity contribution in [3.8, 4) is 0 Å². The zero-order valence-electron chi connectivity index (χ0n) is 10.9. The SMILES string of the molecule is CCC1(O)CN(C(=O)CCNC(=O)c2ccsc2)C1. The normalized spacial score (nSPS) is 16.8. The fourth-order valence-corrected chi connectivity index (χ4v) is 2.64. The van der Waals surface area contributed by atoms with E-state index in [-0.39, 0.29) is 18.2 Å². The molecule has 5 nitrogen and oxygen atoms in total. The molecular weight excluding hydrogens is 264 g/mol. The van der Waals surface area contributed by atoms with Crippen molar-refractivity contribution in [3.63, 3.8) is 0 Å². The zero-order chi connectivity index (χ0) is 13.9. The van der Waals surface area contributed by atoms with Crippen molar-refractivity contribution in [1.29, 1.82) is 0 Å². The fourth-order valence-electron chi connectivity index (χ4n) is 2.00. The van der Waals surface area contributed by atoms with Crippen LogP contribution in [0.4, 0.5) is 0 Å². The van der Waals surface area contributed by atoms with Crippen molar-refractivity contribution >= 4 is 23.2 Å². The summed E-state index contributed by atoms with van der Waals surface area (Å²) in [6.07, 6.45) is 0.932. The first-order valence-electron chi connectivity index (χ1n) is 6.34. The molecule has 1 aliphatic heterocycles. The first-order valence-corrected chi connectivity index (χ1v) is 7.29. The lowest BCUT2D eigenvalue weighted by Crippen LogP contribution is -2.63. The van der Waals surface area contributed by atoms with Gasteiger partial charge in [0.25, 0.3) is 5.91 Å². The molecule has 0 aliphatic carbocycles. The van der Waals surface area contributed by atoms with Gasteiger partial charge in [0.05, 0.1) is 18.7 Å². The van der Waals surface area contributed by atoms with Crippen molar-refractivity contribution in [2.45, 2.75) is 25.4 Å². The summed E-state index contributed by atoms with van der Waals surface area (Å²) in [5, 5.41) is 16.1. The molecule has 0 unspecified atom stereocenters. The minimum atomic E-state index is -0.699. The van der Waals surface area contributed by atoms with Crippen molar-refractivity contribution in [2.24, 2.45) is 0 Å². The Morgan fingerprint density at radius 1 is 1.53 bits per heavy atom. The monoisotopic (exact) mass is 282 g/mol. The van der Waals surface area contributed by atoms with Gasteiger partial charge in [0, 0.05) is 23.9 Å². The maximum Gasteiger partial charge on any atom is 0.252 e. The number of likely N-dealkylation sites (tertiary alicyclic amines) is 1. The number of hydrogen-bond donors (Lipinski definition) is 2. The highest BCUT2D eigenvalue weighted by molar-refractivity contribution is 7.08. The number of nitrogens with one attached hydrogen (secondary N) is 1. The Balaban J connectivity index is 1.67. The Morgan fingerprint density at radius 3 is 2.84 bits per heavy atom. The molecule has 19 heavy (non-hydrogen) atoms. The second-order valence-corrected chi connectivity index (χ2v) is 5.63. The van der Waals surface area contributed by atoms with Gasteiger partial charge in [0.2, 0.25) is 5.91 Å². The highest BCUT2D eigenvalue weighted by Crippen LogP contribution is 2.24. The Morgan fingerprint density at radius 2 is 2.26 bits per heavy atom. The van der Waals surface area contributed by atoms with Crippen LogP contribution < -0.4 is 5.32 Å². The van der Waals surface area contributed by atoms with E-state index >= 15 is 0 Å². The van der Waals surface area contributed by atoms with E-state index in [1.165, 1.54) is 11.3 Å². The minimum Gasteiger partial charge on any atom is -0.386 e. The van der Waals surface area contributed by atoms with Gasteiger partial charge in [-0.15, -0.1) is 0 Å². The molecule has 1 saturated heterocycles. The van der Waals surface area contributed by atoms with Crippen molar-refractivity contribution in [2.75, 3.05) is 19.6 Å². The van der Waals surface area contributed by atoms with Gasteiger partial charge in [-0.05, 0) is 17.9 Å². The molecule has 1 fully saturated rings. The topological polar surface area (TPSA) is 69.6 Å². The molecule has 6 heteroatoms. The summed E-state index contributed by atoms with van der Waals surface area (Å²) in [4.78, 5) is 25.0. The van der Waals surface area contributed by atoms with Crippen LogP contribution in [0.1, 0.15) is 30.1 Å². The first-order chi connectivity index (χ1) is 9.04. The van der Waals surface area contributed by atoms with Crippen molar-refractivity contribution in [3.05, 3.63) is 22.4 Å². The van der Waals surface area contributed by atoms with Gasteiger partial charge in [-0.2, -0.15) is 11.3 Å². The summed E-state index contributed by atoms with van der Waals surface area (Å²) in [7, 11) is 0. The Kier molecular flexibility index (Phi) is 4.21. The van der Waals surface area contributed by atoms with E-state index in [0.717, 1.165) is 0 Å². The number of hydrogen-bond acceptors (Lipinski definition) is 4. The molecule has 0 radical (unpaired) electrons. The average Bonchev–Trinajstić information content (AvgIpc) is 2.88. The van der Waals surface area contributed by atoms with Crippen molar-refractivity contribution in [1.82, 2.24) is 10.2 Å². The molecular formula is C13H18N2O3S. The van der Waals surface area contributed by atoms with E-state index in [4.69, 9.17) is 0 Å². The van der Waals surface area contributed by atoms with Crippen LogP contribution in [0.15, 0.2) is 16.8 Å². The number of aliphatic hydroxyl groups is 1. The van der Waals surface area contributed by atoms with Gasteiger partial charge in [0.15, 0.2) is 0 Å². The molecule has 0 atom stereocenters. The van der Waals surface area contributed by atoms with Crippen LogP contribution >= 0.6 is 11.3 Å². The number of carbonyl (C=O) groups is 2. The standard InChI is InChI=1S/C13H18N2O3S/c1-2-13(18)8-15(9-13)11(16)3-5-14-12(17)10-4-6-19-7-10/h4,6-7,18H,2-3,5,8-9H2,1H3,(H,14,17). The Labute approximate surface area is 116 Å². The van der Waals surface area contributed by atoms with E-state index in [0.29, 0.717) is 31.6 Å². The third-order valence-corrected chi connectivity index (χ3v) is 4.07. The second kappa shape index (κ2) is 5.71. The molecule has 0 bridgehead atoms. The average molecular weight is 282 g/mol. The van der Waals surface area contributed by atoms with Gasteiger partial charge < -0.3 is 15.3 Å². The van der Waals surface area contributed by atoms with E-state index in [1.807, 2.05) is 12.3 Å². The fraction of sp³-hybridized carbons (Fsp3) is 0.538. The second-order valence-electron chi connectivity index (χ2n) is 4.85. The number of carbonyl (C=O) groups excluding carboxylic acids is 2. The molecule has 0 saturated carbocycles. The summed E-state index contributed by atoms with van der Waals surface area (Å²) in [6.45, 7) is 3.04. The van der Waals surface area contributed by atoms with Crippen LogP contribution in [0, 0.1) is 0 Å². The van der Waals surface area contributed by atoms with Crippen LogP contribution in [-0.4, -0.2) is 47.1 Å². The number of rotatable bonds is 5. The van der Waals surface area contributed by atoms with Crippen LogP contribution in [0.3, 0.4) is 0 Å². The molecule has 2 amide bonds. The highest BCUT2D eigenvalue weighted by atomic mass is 32.1. The van der Waals surface area contributed by atoms with E-state index < -0.39 is 5.60 Å². The van der Waals surface area contributed by atoms with Crippen LogP contribution in [0.25, 0.3) is 0 Å². The molecule has 0 spiro atoms. The molecule has 104 valence electrons. The molecule has 0 aromatic carbocycles. The third kappa shape index (κ3) is 3.33. The maximum absolute atomic E-state index is 11.8. The summed E-state index contributed by atoms with van der Waals surface area (Å²) in [5.74, 6) is -0.175. The lowest BCUT2D eigenvalue weighted by Gasteiger charge is -2.46. The summed E-state index contributed by atoms with van der Waals surface area (Å²) < 4.78 is 0. The first kappa shape index (κ1) is 14.0. The predicted octanol–water partition coefficient (Wildman–Crippen LogP) is 0.851. The van der Waals surface area contributed by atoms with Gasteiger partial charge in [-0.3, -0.25) is 9.59 Å². The van der Waals surface area contributed by atoms with Gasteiger partial charge in [-0.1, -0.05) is 6.92 Å². The molecule has 1 aromatic heterocycles. The summed E-state index contributed by atoms with van der Waals surface area (Å²) in [5.41, 5.74) is -0.0722. The molecule has 1 aliphatic rings. The zero-order valence-corrected chi connectivity index (χ0v) is 11.7. The van der Waals surface area contributed by atoms with Crippen LogP contribution in [0.2, 0.25) is 0 Å².